The molecule has 1 heterocycles. The molecule has 7 heteroatoms. The zero-order valence-electron chi connectivity index (χ0n) is 11.7. The molecule has 1 aliphatic rings. The molecule has 1 aromatic heterocycles. The van der Waals surface area contributed by atoms with Crippen LogP contribution in [0.3, 0.4) is 0 Å². The van der Waals surface area contributed by atoms with E-state index in [1.807, 2.05) is 4.57 Å². The summed E-state index contributed by atoms with van der Waals surface area (Å²) in [6, 6.07) is 1.82. The third-order valence-corrected chi connectivity index (χ3v) is 4.93. The van der Waals surface area contributed by atoms with Gasteiger partial charge >= 0.3 is 5.97 Å². The van der Waals surface area contributed by atoms with Gasteiger partial charge in [0.15, 0.2) is 0 Å². The van der Waals surface area contributed by atoms with E-state index in [1.165, 1.54) is 13.3 Å². The Kier molecular flexibility index (Phi) is 4.11. The van der Waals surface area contributed by atoms with Gasteiger partial charge < -0.3 is 9.30 Å². The lowest BCUT2D eigenvalue weighted by Crippen LogP contribution is -2.21. The first-order chi connectivity index (χ1) is 10.5. The summed E-state index contributed by atoms with van der Waals surface area (Å²) in [6.45, 7) is 0. The van der Waals surface area contributed by atoms with Gasteiger partial charge in [0.05, 0.1) is 22.5 Å². The second-order valence-electron chi connectivity index (χ2n) is 5.18. The van der Waals surface area contributed by atoms with E-state index in [0.29, 0.717) is 9.99 Å². The van der Waals surface area contributed by atoms with E-state index in [1.54, 1.807) is 6.07 Å². The molecule has 1 fully saturated rings. The number of ether oxygens (including phenoxy) is 1. The Labute approximate surface area is 142 Å². The minimum Gasteiger partial charge on any atom is -0.465 e. The summed E-state index contributed by atoms with van der Waals surface area (Å²) in [7, 11) is 1.22. The highest BCUT2D eigenvalue weighted by atomic mass is 79.9. The number of rotatable bonds is 3. The zero-order chi connectivity index (χ0) is 16.0. The Morgan fingerprint density at radius 1 is 1.50 bits per heavy atom. The molecule has 2 aromatic rings. The van der Waals surface area contributed by atoms with E-state index in [9.17, 15) is 14.0 Å². The van der Waals surface area contributed by atoms with Crippen molar-refractivity contribution in [1.82, 2.24) is 4.57 Å². The van der Waals surface area contributed by atoms with Crippen LogP contribution in [0.1, 0.15) is 34.8 Å². The van der Waals surface area contributed by atoms with Crippen molar-refractivity contribution in [1.29, 1.82) is 0 Å². The summed E-state index contributed by atoms with van der Waals surface area (Å²) in [6.07, 6.45) is 3.46. The molecule has 4 nitrogen and oxygen atoms in total. The van der Waals surface area contributed by atoms with Crippen LogP contribution in [-0.4, -0.2) is 17.6 Å². The molecule has 0 saturated heterocycles. The van der Waals surface area contributed by atoms with Gasteiger partial charge in [-0.3, -0.25) is 4.79 Å². The van der Waals surface area contributed by atoms with Crippen LogP contribution in [0, 0.1) is 5.82 Å². The van der Waals surface area contributed by atoms with E-state index in [4.69, 9.17) is 0 Å². The maximum Gasteiger partial charge on any atom is 0.343 e. The first-order valence-corrected chi connectivity index (χ1v) is 8.61. The van der Waals surface area contributed by atoms with Crippen molar-refractivity contribution >= 4 is 48.7 Å². The molecule has 1 aromatic carbocycles. The second-order valence-corrected chi connectivity index (χ2v) is 6.60. The molecule has 0 spiro atoms. The lowest BCUT2D eigenvalue weighted by atomic mass is 10.1. The van der Waals surface area contributed by atoms with Crippen LogP contribution >= 0.6 is 31.9 Å². The van der Waals surface area contributed by atoms with Gasteiger partial charge in [-0.15, -0.1) is 0 Å². The molecular weight excluding hydrogens is 421 g/mol. The van der Waals surface area contributed by atoms with Crippen LogP contribution < -0.4 is 5.43 Å². The van der Waals surface area contributed by atoms with Crippen molar-refractivity contribution in [3.05, 3.63) is 43.9 Å². The predicted molar refractivity (Wildman–Crippen MR) is 88.1 cm³/mol. The number of esters is 1. The Hall–Kier alpha value is -1.21. The normalized spacial score (nSPS) is 14.4. The number of hydrogen-bond donors (Lipinski definition) is 0. The van der Waals surface area contributed by atoms with Gasteiger partial charge in [0.25, 0.3) is 0 Å². The van der Waals surface area contributed by atoms with Gasteiger partial charge in [0.2, 0.25) is 5.43 Å². The molecule has 0 aliphatic heterocycles. The highest BCUT2D eigenvalue weighted by Crippen LogP contribution is 2.38. The number of halogens is 3. The molecule has 0 amide bonds. The smallest absolute Gasteiger partial charge is 0.343 e. The summed E-state index contributed by atoms with van der Waals surface area (Å²) in [5.74, 6) is -1.20. The van der Waals surface area contributed by atoms with Crippen LogP contribution in [0.5, 0.6) is 0 Å². The third-order valence-electron chi connectivity index (χ3n) is 3.79. The average molecular weight is 433 g/mol. The Balaban J connectivity index is 2.48. The summed E-state index contributed by atoms with van der Waals surface area (Å²) in [5, 5.41) is 0.409. The number of pyridine rings is 1. The van der Waals surface area contributed by atoms with Crippen molar-refractivity contribution in [2.24, 2.45) is 0 Å². The molecule has 0 bridgehead atoms. The van der Waals surface area contributed by atoms with E-state index >= 15 is 0 Å². The number of nitrogens with zero attached hydrogens (tertiary/aromatic N) is 1. The summed E-state index contributed by atoms with van der Waals surface area (Å²) < 4.78 is 21.2. The molecular formula is C15H12Br2FNO3. The van der Waals surface area contributed by atoms with Crippen molar-refractivity contribution in [3.8, 4) is 0 Å². The maximum atomic E-state index is 14.3. The SMILES string of the molecule is COC(=O)c1cn(C2CC2)c2cc(Br)c(F)c(CBr)c2c1=O. The summed E-state index contributed by atoms with van der Waals surface area (Å²) in [4.78, 5) is 24.5. The zero-order valence-corrected chi connectivity index (χ0v) is 14.8. The minimum atomic E-state index is -0.704. The fourth-order valence-electron chi connectivity index (χ4n) is 2.56. The topological polar surface area (TPSA) is 48.3 Å². The fourth-order valence-corrected chi connectivity index (χ4v) is 3.54. The molecule has 0 radical (unpaired) electrons. The third kappa shape index (κ3) is 2.40. The molecule has 1 saturated carbocycles. The van der Waals surface area contributed by atoms with E-state index in [2.05, 4.69) is 36.6 Å². The van der Waals surface area contributed by atoms with Crippen LogP contribution in [-0.2, 0) is 10.1 Å². The lowest BCUT2D eigenvalue weighted by Gasteiger charge is -2.15. The molecule has 0 N–H and O–H groups in total. The van der Waals surface area contributed by atoms with Gasteiger partial charge in [-0.25, -0.2) is 9.18 Å². The minimum absolute atomic E-state index is 0.0641. The number of fused-ring (bicyclic) bond motifs is 1. The standard InChI is InChI=1S/C15H12Br2FNO3/c1-22-15(21)9-6-19(7-2-3-7)11-4-10(17)13(18)8(5-16)12(11)14(9)20/h4,6-7H,2-3,5H2,1H3. The first kappa shape index (κ1) is 15.7. The van der Waals surface area contributed by atoms with Crippen LogP contribution in [0.25, 0.3) is 10.9 Å². The molecule has 3 rings (SSSR count). The number of hydrogen-bond acceptors (Lipinski definition) is 3. The summed E-state index contributed by atoms with van der Waals surface area (Å²) in [5.41, 5.74) is 0.308. The van der Waals surface area contributed by atoms with E-state index < -0.39 is 17.2 Å². The van der Waals surface area contributed by atoms with Crippen molar-refractivity contribution in [2.75, 3.05) is 7.11 Å². The maximum absolute atomic E-state index is 14.3. The van der Waals surface area contributed by atoms with Crippen LogP contribution in [0.15, 0.2) is 21.5 Å². The van der Waals surface area contributed by atoms with Crippen molar-refractivity contribution in [2.45, 2.75) is 24.2 Å². The fraction of sp³-hybridized carbons (Fsp3) is 0.333. The van der Waals surface area contributed by atoms with Crippen LogP contribution in [0.2, 0.25) is 0 Å². The van der Waals surface area contributed by atoms with Gasteiger partial charge in [0, 0.05) is 23.1 Å². The molecule has 116 valence electrons. The van der Waals surface area contributed by atoms with E-state index in [-0.39, 0.29) is 27.9 Å². The molecule has 1 aliphatic carbocycles. The Morgan fingerprint density at radius 2 is 2.18 bits per heavy atom. The number of carbonyl (C=O) groups excluding carboxylic acids is 1. The summed E-state index contributed by atoms with van der Waals surface area (Å²) >= 11 is 6.42. The lowest BCUT2D eigenvalue weighted by molar-refractivity contribution is 0.0598. The number of methoxy groups -OCH3 is 1. The van der Waals surface area contributed by atoms with Gasteiger partial charge in [-0.1, -0.05) is 15.9 Å². The van der Waals surface area contributed by atoms with Crippen LogP contribution in [0.4, 0.5) is 4.39 Å². The van der Waals surface area contributed by atoms with E-state index in [0.717, 1.165) is 12.8 Å². The van der Waals surface area contributed by atoms with Gasteiger partial charge in [-0.05, 0) is 34.8 Å². The quantitative estimate of drug-likeness (QED) is 0.545. The average Bonchev–Trinajstić information content (AvgIpc) is 3.33. The predicted octanol–water partition coefficient (Wildman–Crippen LogP) is 3.92. The Morgan fingerprint density at radius 3 is 2.73 bits per heavy atom. The number of carbonyl (C=O) groups is 1. The largest absolute Gasteiger partial charge is 0.465 e. The monoisotopic (exact) mass is 431 g/mol. The molecule has 0 unspecified atom stereocenters. The highest BCUT2D eigenvalue weighted by molar-refractivity contribution is 9.10. The molecule has 0 atom stereocenters. The molecule has 22 heavy (non-hydrogen) atoms. The van der Waals surface area contributed by atoms with Crippen molar-refractivity contribution < 1.29 is 13.9 Å². The number of benzene rings is 1. The number of aromatic nitrogens is 1. The number of alkyl halides is 1. The Bertz CT molecular complexity index is 843. The van der Waals surface area contributed by atoms with Gasteiger partial charge in [0.1, 0.15) is 11.4 Å². The highest BCUT2D eigenvalue weighted by Gasteiger charge is 2.28. The second kappa shape index (κ2) is 5.77. The van der Waals surface area contributed by atoms with Gasteiger partial charge in [-0.2, -0.15) is 0 Å². The first-order valence-electron chi connectivity index (χ1n) is 6.69. The van der Waals surface area contributed by atoms with Crippen molar-refractivity contribution in [3.63, 3.8) is 0 Å².